The molecule has 0 aliphatic carbocycles. The van der Waals surface area contributed by atoms with Crippen LogP contribution in [0.15, 0.2) is 0 Å². The Morgan fingerprint density at radius 2 is 1.90 bits per heavy atom. The largest absolute Gasteiger partial charge is 0.383 e. The number of hydrogen-bond donors (Lipinski definition) is 0. The van der Waals surface area contributed by atoms with Crippen LogP contribution in [-0.4, -0.2) is 64.7 Å². The van der Waals surface area contributed by atoms with E-state index in [9.17, 15) is 16.8 Å². The van der Waals surface area contributed by atoms with Crippen LogP contribution in [0.1, 0.15) is 19.3 Å². The highest BCUT2D eigenvalue weighted by Gasteiger charge is 2.36. The third kappa shape index (κ3) is 4.70. The Bertz CT molecular complexity index is 536. The SMILES string of the molecule is COCCN(CCC#N)S(=O)(=O)C1CCS(=O)(=O)CC1. The van der Waals surface area contributed by atoms with Crippen LogP contribution in [0, 0.1) is 11.3 Å². The summed E-state index contributed by atoms with van der Waals surface area (Å²) in [5.41, 5.74) is 0. The molecule has 0 bridgehead atoms. The number of methoxy groups -OCH3 is 1. The topological polar surface area (TPSA) is 105 Å². The summed E-state index contributed by atoms with van der Waals surface area (Å²) in [5.74, 6) is -0.180. The van der Waals surface area contributed by atoms with E-state index in [2.05, 4.69) is 0 Å². The lowest BCUT2D eigenvalue weighted by Gasteiger charge is -2.29. The summed E-state index contributed by atoms with van der Waals surface area (Å²) < 4.78 is 53.8. The third-order valence-corrected chi connectivity index (χ3v) is 7.41. The van der Waals surface area contributed by atoms with Crippen LogP contribution < -0.4 is 0 Å². The summed E-state index contributed by atoms with van der Waals surface area (Å²) in [6, 6.07) is 1.92. The van der Waals surface area contributed by atoms with Crippen molar-refractivity contribution >= 4 is 19.9 Å². The van der Waals surface area contributed by atoms with Crippen LogP contribution >= 0.6 is 0 Å². The van der Waals surface area contributed by atoms with Crippen molar-refractivity contribution in [2.24, 2.45) is 0 Å². The molecule has 1 saturated heterocycles. The maximum Gasteiger partial charge on any atom is 0.217 e. The monoisotopic (exact) mass is 324 g/mol. The molecular weight excluding hydrogens is 304 g/mol. The van der Waals surface area contributed by atoms with Gasteiger partial charge in [0, 0.05) is 26.6 Å². The van der Waals surface area contributed by atoms with Gasteiger partial charge in [0.15, 0.2) is 0 Å². The maximum absolute atomic E-state index is 12.5. The Kier molecular flexibility index (Phi) is 6.39. The van der Waals surface area contributed by atoms with Crippen molar-refractivity contribution < 1.29 is 21.6 Å². The van der Waals surface area contributed by atoms with Gasteiger partial charge in [-0.25, -0.2) is 16.8 Å². The average Bonchev–Trinajstić information content (AvgIpc) is 2.38. The molecule has 0 amide bonds. The van der Waals surface area contributed by atoms with Gasteiger partial charge in [-0.1, -0.05) is 0 Å². The second kappa shape index (κ2) is 7.36. The molecule has 1 fully saturated rings. The molecule has 0 spiro atoms. The highest BCUT2D eigenvalue weighted by Crippen LogP contribution is 2.22. The fourth-order valence-corrected chi connectivity index (χ4v) is 5.83. The smallest absolute Gasteiger partial charge is 0.217 e. The van der Waals surface area contributed by atoms with Gasteiger partial charge in [0.2, 0.25) is 10.0 Å². The molecule has 7 nitrogen and oxygen atoms in total. The van der Waals surface area contributed by atoms with E-state index >= 15 is 0 Å². The van der Waals surface area contributed by atoms with E-state index in [1.165, 1.54) is 11.4 Å². The summed E-state index contributed by atoms with van der Waals surface area (Å²) in [5, 5.41) is 7.92. The zero-order valence-corrected chi connectivity index (χ0v) is 13.1. The van der Waals surface area contributed by atoms with Gasteiger partial charge in [-0.2, -0.15) is 9.57 Å². The van der Waals surface area contributed by atoms with E-state index in [0.717, 1.165) is 0 Å². The van der Waals surface area contributed by atoms with Gasteiger partial charge in [-0.3, -0.25) is 0 Å². The number of ether oxygens (including phenoxy) is 1. The Morgan fingerprint density at radius 3 is 2.40 bits per heavy atom. The van der Waals surface area contributed by atoms with Gasteiger partial charge in [-0.05, 0) is 12.8 Å². The Morgan fingerprint density at radius 1 is 1.30 bits per heavy atom. The van der Waals surface area contributed by atoms with Crippen molar-refractivity contribution in [2.45, 2.75) is 24.5 Å². The van der Waals surface area contributed by atoms with Crippen LogP contribution in [0.3, 0.4) is 0 Å². The summed E-state index contributed by atoms with van der Waals surface area (Å²) in [7, 11) is -5.20. The van der Waals surface area contributed by atoms with E-state index < -0.39 is 25.1 Å². The number of nitrogens with zero attached hydrogens (tertiary/aromatic N) is 2. The number of rotatable bonds is 7. The minimum atomic E-state index is -3.58. The summed E-state index contributed by atoms with van der Waals surface area (Å²) in [6.07, 6.45) is 0.357. The second-order valence-electron chi connectivity index (χ2n) is 4.70. The summed E-state index contributed by atoms with van der Waals surface area (Å²) >= 11 is 0. The van der Waals surface area contributed by atoms with Gasteiger partial charge < -0.3 is 4.74 Å². The normalized spacial score (nSPS) is 19.9. The van der Waals surface area contributed by atoms with E-state index in [4.69, 9.17) is 10.00 Å². The first-order chi connectivity index (χ1) is 9.33. The predicted octanol–water partition coefficient (Wildman–Crippen LogP) is -0.245. The van der Waals surface area contributed by atoms with E-state index in [1.807, 2.05) is 6.07 Å². The predicted molar refractivity (Wildman–Crippen MR) is 74.3 cm³/mol. The minimum absolute atomic E-state index is 0.0900. The van der Waals surface area contributed by atoms with Gasteiger partial charge in [0.25, 0.3) is 0 Å². The van der Waals surface area contributed by atoms with Crippen molar-refractivity contribution in [1.29, 1.82) is 5.26 Å². The van der Waals surface area contributed by atoms with Crippen LogP contribution in [0.2, 0.25) is 0 Å². The Labute approximate surface area is 120 Å². The first kappa shape index (κ1) is 17.4. The highest BCUT2D eigenvalue weighted by atomic mass is 32.2. The fourth-order valence-electron chi connectivity index (χ4n) is 2.11. The molecule has 1 heterocycles. The number of hydrogen-bond acceptors (Lipinski definition) is 6. The molecule has 0 unspecified atom stereocenters. The van der Waals surface area contributed by atoms with Crippen molar-refractivity contribution in [3.05, 3.63) is 0 Å². The highest BCUT2D eigenvalue weighted by molar-refractivity contribution is 7.92. The molecular formula is C11H20N2O5S2. The van der Waals surface area contributed by atoms with Crippen molar-refractivity contribution in [2.75, 3.05) is 38.3 Å². The van der Waals surface area contributed by atoms with Crippen molar-refractivity contribution in [1.82, 2.24) is 4.31 Å². The molecule has 0 atom stereocenters. The van der Waals surface area contributed by atoms with E-state index in [1.54, 1.807) is 0 Å². The van der Waals surface area contributed by atoms with Crippen molar-refractivity contribution in [3.8, 4) is 6.07 Å². The average molecular weight is 324 g/mol. The number of sulfonamides is 1. The van der Waals surface area contributed by atoms with E-state index in [-0.39, 0.29) is 50.5 Å². The molecule has 20 heavy (non-hydrogen) atoms. The van der Waals surface area contributed by atoms with Gasteiger partial charge >= 0.3 is 0 Å². The summed E-state index contributed by atoms with van der Waals surface area (Å²) in [4.78, 5) is 0. The van der Waals surface area contributed by atoms with Gasteiger partial charge in [0.05, 0.1) is 29.4 Å². The molecule has 0 aromatic carbocycles. The van der Waals surface area contributed by atoms with Crippen LogP contribution in [0.5, 0.6) is 0 Å². The first-order valence-electron chi connectivity index (χ1n) is 6.39. The molecule has 9 heteroatoms. The molecule has 0 saturated carbocycles. The molecule has 1 rings (SSSR count). The van der Waals surface area contributed by atoms with Gasteiger partial charge in [0.1, 0.15) is 9.84 Å². The maximum atomic E-state index is 12.5. The number of nitriles is 1. The Balaban J connectivity index is 2.79. The second-order valence-corrected chi connectivity index (χ2v) is 9.21. The van der Waals surface area contributed by atoms with E-state index in [0.29, 0.717) is 0 Å². The van der Waals surface area contributed by atoms with Crippen LogP contribution in [0.25, 0.3) is 0 Å². The lowest BCUT2D eigenvalue weighted by molar-refractivity contribution is 0.179. The molecule has 0 radical (unpaired) electrons. The zero-order chi connectivity index (χ0) is 15.2. The molecule has 0 N–H and O–H groups in total. The Hall–Kier alpha value is -0.690. The lowest BCUT2D eigenvalue weighted by Crippen LogP contribution is -2.44. The number of sulfone groups is 1. The minimum Gasteiger partial charge on any atom is -0.383 e. The van der Waals surface area contributed by atoms with Crippen LogP contribution in [0.4, 0.5) is 0 Å². The van der Waals surface area contributed by atoms with Gasteiger partial charge in [-0.15, -0.1) is 0 Å². The standard InChI is InChI=1S/C11H20N2O5S2/c1-18-8-7-13(6-2-5-12)20(16,17)11-3-9-19(14,15)10-4-11/h11H,2-4,6-10H2,1H3. The summed E-state index contributed by atoms with van der Waals surface area (Å²) in [6.45, 7) is 0.547. The fraction of sp³-hybridized carbons (Fsp3) is 0.909. The molecule has 1 aliphatic heterocycles. The zero-order valence-electron chi connectivity index (χ0n) is 11.5. The van der Waals surface area contributed by atoms with Crippen LogP contribution in [-0.2, 0) is 24.6 Å². The molecule has 116 valence electrons. The molecule has 1 aliphatic rings. The lowest BCUT2D eigenvalue weighted by atomic mass is 10.2. The third-order valence-electron chi connectivity index (χ3n) is 3.30. The molecule has 0 aromatic heterocycles. The molecule has 0 aromatic rings. The van der Waals surface area contributed by atoms with Crippen molar-refractivity contribution in [3.63, 3.8) is 0 Å². The first-order valence-corrected chi connectivity index (χ1v) is 9.71. The quantitative estimate of drug-likeness (QED) is 0.640.